The van der Waals surface area contributed by atoms with Gasteiger partial charge in [0.1, 0.15) is 11.4 Å². The molecule has 0 unspecified atom stereocenters. The van der Waals surface area contributed by atoms with Crippen LogP contribution in [0.1, 0.15) is 61.7 Å². The molecule has 0 aliphatic carbocycles. The van der Waals surface area contributed by atoms with E-state index in [-0.39, 0.29) is 12.4 Å². The molecule has 2 aliphatic heterocycles. The number of ketones is 1. The average molecular weight is 425 g/mol. The maximum atomic E-state index is 12.8. The van der Waals surface area contributed by atoms with Gasteiger partial charge in [0.05, 0.1) is 18.2 Å². The normalized spacial score (nSPS) is 19.0. The summed E-state index contributed by atoms with van der Waals surface area (Å²) in [6.45, 7) is 3.20. The van der Waals surface area contributed by atoms with Gasteiger partial charge in [-0.1, -0.05) is 19.3 Å². The number of unbranched alkanes of at least 4 members (excludes halogenated alkanes) is 4. The number of ether oxygens (including phenoxy) is 1. The monoisotopic (exact) mass is 424 g/mol. The number of carbonyl (C=O) groups is 1. The molecule has 2 heterocycles. The molecule has 1 aromatic carbocycles. The van der Waals surface area contributed by atoms with Crippen molar-refractivity contribution < 1.29 is 23.1 Å². The molecule has 8 heteroatoms. The first-order valence-corrected chi connectivity index (χ1v) is 12.4. The second-order valence-corrected chi connectivity index (χ2v) is 10.1. The highest BCUT2D eigenvalue weighted by atomic mass is 32.2. The van der Waals surface area contributed by atoms with Crippen molar-refractivity contribution in [2.24, 2.45) is 0 Å². The van der Waals surface area contributed by atoms with Crippen LogP contribution in [0.4, 0.5) is 5.69 Å². The Morgan fingerprint density at radius 1 is 1.14 bits per heavy atom. The molecule has 2 aliphatic rings. The summed E-state index contributed by atoms with van der Waals surface area (Å²) in [4.78, 5) is 15.2. The number of carbonyl (C=O) groups excluding carboxylic acids is 1. The number of rotatable bonds is 9. The van der Waals surface area contributed by atoms with Gasteiger partial charge in [0.25, 0.3) is 0 Å². The van der Waals surface area contributed by atoms with E-state index in [0.717, 1.165) is 58.0 Å². The van der Waals surface area contributed by atoms with Gasteiger partial charge in [-0.3, -0.25) is 9.52 Å². The summed E-state index contributed by atoms with van der Waals surface area (Å²) in [5.74, 6) is 0.568. The van der Waals surface area contributed by atoms with E-state index < -0.39 is 15.6 Å². The number of fused-ring (bicyclic) bond motifs is 1. The fourth-order valence-electron chi connectivity index (χ4n) is 4.21. The van der Waals surface area contributed by atoms with E-state index in [1.807, 2.05) is 0 Å². The molecular formula is C21H32N2O5S. The maximum Gasteiger partial charge on any atom is 0.229 e. The molecule has 0 bridgehead atoms. The molecule has 0 radical (unpaired) electrons. The Bertz CT molecular complexity index is 816. The summed E-state index contributed by atoms with van der Waals surface area (Å²) in [6.07, 6.45) is 8.59. The van der Waals surface area contributed by atoms with Crippen LogP contribution in [0.15, 0.2) is 18.2 Å². The molecule has 7 nitrogen and oxygen atoms in total. The topological polar surface area (TPSA) is 95.9 Å². The van der Waals surface area contributed by atoms with Gasteiger partial charge in [-0.15, -0.1) is 0 Å². The number of aliphatic hydroxyl groups is 1. The fraction of sp³-hybridized carbons (Fsp3) is 0.667. The number of Topliss-reactive ketones (excluding diaryl/α,β-unsaturated/α-hetero) is 1. The minimum absolute atomic E-state index is 0.0146. The van der Waals surface area contributed by atoms with Crippen LogP contribution in [-0.2, 0) is 10.0 Å². The second kappa shape index (κ2) is 9.45. The van der Waals surface area contributed by atoms with Crippen molar-refractivity contribution in [2.75, 3.05) is 37.2 Å². The van der Waals surface area contributed by atoms with Crippen LogP contribution in [0.3, 0.4) is 0 Å². The molecule has 3 rings (SSSR count). The number of nitrogens with zero attached hydrogens (tertiary/aromatic N) is 1. The zero-order valence-corrected chi connectivity index (χ0v) is 18.0. The van der Waals surface area contributed by atoms with E-state index in [1.165, 1.54) is 12.8 Å². The zero-order valence-electron chi connectivity index (χ0n) is 17.2. The Morgan fingerprint density at radius 2 is 1.83 bits per heavy atom. The molecule has 1 saturated heterocycles. The van der Waals surface area contributed by atoms with Gasteiger partial charge in [0.2, 0.25) is 10.0 Å². The first-order valence-electron chi connectivity index (χ1n) is 10.5. The van der Waals surface area contributed by atoms with Crippen LogP contribution in [0.2, 0.25) is 0 Å². The number of anilines is 1. The molecule has 1 fully saturated rings. The third-order valence-electron chi connectivity index (χ3n) is 5.79. The third kappa shape index (κ3) is 6.17. The Kier molecular flexibility index (Phi) is 7.19. The van der Waals surface area contributed by atoms with E-state index in [4.69, 9.17) is 9.84 Å². The van der Waals surface area contributed by atoms with E-state index in [0.29, 0.717) is 23.4 Å². The number of hydrogen-bond donors (Lipinski definition) is 2. The summed E-state index contributed by atoms with van der Waals surface area (Å²) >= 11 is 0. The number of likely N-dealkylation sites (tertiary alicyclic amines) is 1. The smallest absolute Gasteiger partial charge is 0.229 e. The molecule has 29 heavy (non-hydrogen) atoms. The van der Waals surface area contributed by atoms with Crippen LogP contribution in [0.25, 0.3) is 0 Å². The van der Waals surface area contributed by atoms with Crippen LogP contribution in [0.5, 0.6) is 5.75 Å². The molecule has 0 saturated carbocycles. The highest BCUT2D eigenvalue weighted by Crippen LogP contribution is 2.40. The van der Waals surface area contributed by atoms with Gasteiger partial charge in [0.15, 0.2) is 5.78 Å². The van der Waals surface area contributed by atoms with E-state index in [1.54, 1.807) is 18.2 Å². The van der Waals surface area contributed by atoms with Gasteiger partial charge in [-0.25, -0.2) is 8.42 Å². The quantitative estimate of drug-likeness (QED) is 0.592. The van der Waals surface area contributed by atoms with Crippen LogP contribution >= 0.6 is 0 Å². The lowest BCUT2D eigenvalue weighted by Gasteiger charge is -2.44. The fourth-order valence-corrected chi connectivity index (χ4v) is 4.77. The largest absolute Gasteiger partial charge is 0.486 e. The van der Waals surface area contributed by atoms with Gasteiger partial charge in [-0.2, -0.15) is 0 Å². The molecule has 0 atom stereocenters. The second-order valence-electron chi connectivity index (χ2n) is 8.30. The predicted molar refractivity (Wildman–Crippen MR) is 113 cm³/mol. The maximum absolute atomic E-state index is 12.8. The van der Waals surface area contributed by atoms with Crippen molar-refractivity contribution in [2.45, 2.75) is 57.0 Å². The van der Waals surface area contributed by atoms with Gasteiger partial charge in [0, 0.05) is 38.2 Å². The summed E-state index contributed by atoms with van der Waals surface area (Å²) < 4.78 is 31.5. The van der Waals surface area contributed by atoms with E-state index >= 15 is 0 Å². The number of nitrogens with one attached hydrogen (secondary N) is 1. The lowest BCUT2D eigenvalue weighted by Crippen LogP contribution is -2.51. The number of benzene rings is 1. The van der Waals surface area contributed by atoms with Gasteiger partial charge < -0.3 is 14.7 Å². The zero-order chi connectivity index (χ0) is 20.9. The first kappa shape index (κ1) is 22.1. The summed E-state index contributed by atoms with van der Waals surface area (Å²) in [6, 6.07) is 4.90. The Labute approximate surface area is 173 Å². The number of hydrogen-bond acceptors (Lipinski definition) is 6. The molecule has 2 N–H and O–H groups in total. The highest BCUT2D eigenvalue weighted by Gasteiger charge is 2.42. The van der Waals surface area contributed by atoms with E-state index in [2.05, 4.69) is 9.62 Å². The summed E-state index contributed by atoms with van der Waals surface area (Å²) in [7, 11) is -3.39. The van der Waals surface area contributed by atoms with Crippen molar-refractivity contribution in [1.29, 1.82) is 0 Å². The predicted octanol–water partition coefficient (Wildman–Crippen LogP) is 2.80. The standard InChI is InChI=1S/C21H32N2O5S/c1-29(26,27)22-17-7-8-20-18(15-17)19(25)16-21(28-20)9-12-23(13-10-21)11-5-3-2-4-6-14-24/h7-8,15,22,24H,2-6,9-14,16H2,1H3. The SMILES string of the molecule is CS(=O)(=O)Nc1ccc2c(c1)C(=O)CC1(CCN(CCCCCCCO)CC1)O2. The molecule has 162 valence electrons. The van der Waals surface area contributed by atoms with Crippen molar-refractivity contribution in [3.05, 3.63) is 23.8 Å². The Hall–Kier alpha value is -1.64. The summed E-state index contributed by atoms with van der Waals surface area (Å²) in [5.41, 5.74) is 0.399. The molecule has 0 amide bonds. The average Bonchev–Trinajstić information content (AvgIpc) is 2.65. The number of piperidine rings is 1. The molecule has 1 spiro atoms. The Morgan fingerprint density at radius 3 is 2.52 bits per heavy atom. The van der Waals surface area contributed by atoms with Crippen LogP contribution in [0, 0.1) is 0 Å². The van der Waals surface area contributed by atoms with E-state index in [9.17, 15) is 13.2 Å². The highest BCUT2D eigenvalue weighted by molar-refractivity contribution is 7.92. The van der Waals surface area contributed by atoms with Gasteiger partial charge in [-0.05, 0) is 37.6 Å². The molecule has 1 aromatic rings. The van der Waals surface area contributed by atoms with Crippen LogP contribution < -0.4 is 9.46 Å². The minimum atomic E-state index is -3.39. The minimum Gasteiger partial charge on any atom is -0.486 e. The third-order valence-corrected chi connectivity index (χ3v) is 6.40. The van der Waals surface area contributed by atoms with Crippen molar-refractivity contribution in [3.63, 3.8) is 0 Å². The van der Waals surface area contributed by atoms with Crippen molar-refractivity contribution in [1.82, 2.24) is 4.90 Å². The Balaban J connectivity index is 1.53. The van der Waals surface area contributed by atoms with Crippen molar-refractivity contribution in [3.8, 4) is 5.75 Å². The van der Waals surface area contributed by atoms with Crippen LogP contribution in [-0.4, -0.2) is 62.3 Å². The molecule has 0 aromatic heterocycles. The number of aliphatic hydroxyl groups excluding tert-OH is 1. The lowest BCUT2D eigenvalue weighted by atomic mass is 9.82. The number of sulfonamides is 1. The first-order chi connectivity index (χ1) is 13.8. The molecular weight excluding hydrogens is 392 g/mol. The van der Waals surface area contributed by atoms with Gasteiger partial charge >= 0.3 is 0 Å². The van der Waals surface area contributed by atoms with Crippen molar-refractivity contribution >= 4 is 21.5 Å². The lowest BCUT2D eigenvalue weighted by molar-refractivity contribution is -0.00918. The summed E-state index contributed by atoms with van der Waals surface area (Å²) in [5, 5.41) is 8.81.